The Labute approximate surface area is 172 Å². The molecule has 1 saturated carbocycles. The highest BCUT2D eigenvalue weighted by Gasteiger charge is 2.23. The van der Waals surface area contributed by atoms with Crippen LogP contribution in [0.15, 0.2) is 42.5 Å². The van der Waals surface area contributed by atoms with Crippen molar-refractivity contribution < 1.29 is 4.79 Å². The molecule has 1 heterocycles. The fourth-order valence-electron chi connectivity index (χ4n) is 4.09. The average Bonchev–Trinajstić information content (AvgIpc) is 3.14. The van der Waals surface area contributed by atoms with E-state index in [1.54, 1.807) is 4.68 Å². The molecular weight excluding hydrogens is 360 g/mol. The second-order valence-electron chi connectivity index (χ2n) is 8.14. The number of aryl methyl sites for hydroxylation is 3. The lowest BCUT2D eigenvalue weighted by Crippen LogP contribution is -2.36. The number of carbonyl (C=O) groups excluding carboxylic acids is 1. The molecule has 1 aliphatic rings. The first-order valence-electron chi connectivity index (χ1n) is 10.4. The van der Waals surface area contributed by atoms with Gasteiger partial charge in [-0.15, -0.1) is 5.10 Å². The van der Waals surface area contributed by atoms with Crippen LogP contribution in [0.1, 0.15) is 59.4 Å². The highest BCUT2D eigenvalue weighted by atomic mass is 16.2. The van der Waals surface area contributed by atoms with Crippen molar-refractivity contribution in [1.29, 1.82) is 0 Å². The van der Waals surface area contributed by atoms with E-state index < -0.39 is 0 Å². The Bertz CT molecular complexity index is 1030. The second-order valence-corrected chi connectivity index (χ2v) is 8.14. The van der Waals surface area contributed by atoms with Crippen LogP contribution in [-0.2, 0) is 0 Å². The van der Waals surface area contributed by atoms with Crippen LogP contribution < -0.4 is 5.32 Å². The molecule has 0 saturated heterocycles. The number of carbonyl (C=O) groups is 1. The summed E-state index contributed by atoms with van der Waals surface area (Å²) >= 11 is 0. The van der Waals surface area contributed by atoms with Crippen molar-refractivity contribution in [3.05, 3.63) is 65.0 Å². The molecule has 1 fully saturated rings. The van der Waals surface area contributed by atoms with E-state index in [-0.39, 0.29) is 17.8 Å². The zero-order valence-corrected chi connectivity index (χ0v) is 17.4. The van der Waals surface area contributed by atoms with Gasteiger partial charge >= 0.3 is 0 Å². The van der Waals surface area contributed by atoms with Crippen LogP contribution >= 0.6 is 0 Å². The van der Waals surface area contributed by atoms with E-state index in [0.717, 1.165) is 35.2 Å². The fourth-order valence-corrected chi connectivity index (χ4v) is 4.09. The van der Waals surface area contributed by atoms with E-state index in [0.29, 0.717) is 5.82 Å². The minimum atomic E-state index is -0.186. The lowest BCUT2D eigenvalue weighted by Gasteiger charge is -2.21. The Balaban J connectivity index is 1.75. The molecule has 0 unspecified atom stereocenters. The molecular formula is C24H28N4O. The van der Waals surface area contributed by atoms with Crippen molar-refractivity contribution in [2.75, 3.05) is 0 Å². The lowest BCUT2D eigenvalue weighted by atomic mass is 9.95. The summed E-state index contributed by atoms with van der Waals surface area (Å²) in [5, 5.41) is 7.77. The van der Waals surface area contributed by atoms with Crippen LogP contribution in [0, 0.1) is 20.8 Å². The Kier molecular flexibility index (Phi) is 5.47. The number of nitrogens with zero attached hydrogens (tertiary/aromatic N) is 3. The third-order valence-corrected chi connectivity index (χ3v) is 5.61. The van der Waals surface area contributed by atoms with E-state index in [9.17, 15) is 4.79 Å². The summed E-state index contributed by atoms with van der Waals surface area (Å²) in [5.41, 5.74) is 5.33. The highest BCUT2D eigenvalue weighted by molar-refractivity contribution is 5.91. The molecule has 0 radical (unpaired) electrons. The van der Waals surface area contributed by atoms with Gasteiger partial charge in [0.05, 0.1) is 5.69 Å². The van der Waals surface area contributed by atoms with Crippen LogP contribution in [0.2, 0.25) is 0 Å². The molecule has 3 aromatic rings. The Morgan fingerprint density at radius 1 is 1.00 bits per heavy atom. The van der Waals surface area contributed by atoms with E-state index in [2.05, 4.69) is 60.4 Å². The summed E-state index contributed by atoms with van der Waals surface area (Å²) in [7, 11) is 0. The zero-order valence-electron chi connectivity index (χ0n) is 17.4. The first-order chi connectivity index (χ1) is 14.0. The molecule has 5 nitrogen and oxygen atoms in total. The fraction of sp³-hybridized carbons (Fsp3) is 0.375. The van der Waals surface area contributed by atoms with Crippen LogP contribution in [-0.4, -0.2) is 26.7 Å². The maximum atomic E-state index is 12.9. The Morgan fingerprint density at radius 2 is 1.76 bits per heavy atom. The molecule has 1 amide bonds. The summed E-state index contributed by atoms with van der Waals surface area (Å²) in [6.07, 6.45) is 5.67. The van der Waals surface area contributed by atoms with Gasteiger partial charge < -0.3 is 5.32 Å². The maximum absolute atomic E-state index is 12.9. The van der Waals surface area contributed by atoms with E-state index in [1.165, 1.54) is 24.8 Å². The highest BCUT2D eigenvalue weighted by Crippen LogP contribution is 2.25. The van der Waals surface area contributed by atoms with Gasteiger partial charge in [0.15, 0.2) is 5.82 Å². The number of hydrogen-bond donors (Lipinski definition) is 1. The van der Waals surface area contributed by atoms with Gasteiger partial charge in [0.1, 0.15) is 0 Å². The standard InChI is InChI=1S/C24H28N4O/c1-16-8-7-9-19(15-16)23-26-22(24(29)25-20-10-5-4-6-11-20)27-28(23)21-13-12-17(2)14-18(21)3/h7-9,12-15,20H,4-6,10-11H2,1-3H3,(H,25,29). The van der Waals surface area contributed by atoms with Crippen LogP contribution in [0.25, 0.3) is 17.1 Å². The number of aromatic nitrogens is 3. The predicted molar refractivity (Wildman–Crippen MR) is 115 cm³/mol. The summed E-state index contributed by atoms with van der Waals surface area (Å²) < 4.78 is 1.80. The van der Waals surface area contributed by atoms with Gasteiger partial charge in [-0.3, -0.25) is 4.79 Å². The van der Waals surface area contributed by atoms with E-state index >= 15 is 0 Å². The lowest BCUT2D eigenvalue weighted by molar-refractivity contribution is 0.0917. The molecule has 4 rings (SSSR count). The van der Waals surface area contributed by atoms with Crippen LogP contribution in [0.3, 0.4) is 0 Å². The van der Waals surface area contributed by atoms with Crippen molar-refractivity contribution in [2.45, 2.75) is 58.9 Å². The molecule has 1 aliphatic carbocycles. The smallest absolute Gasteiger partial charge is 0.291 e. The quantitative estimate of drug-likeness (QED) is 0.690. The number of amides is 1. The molecule has 150 valence electrons. The van der Waals surface area contributed by atoms with E-state index in [4.69, 9.17) is 0 Å². The minimum Gasteiger partial charge on any atom is -0.347 e. The van der Waals surface area contributed by atoms with Gasteiger partial charge in [0.25, 0.3) is 5.91 Å². The first-order valence-corrected chi connectivity index (χ1v) is 10.4. The van der Waals surface area contributed by atoms with Crippen molar-refractivity contribution in [2.24, 2.45) is 0 Å². The van der Waals surface area contributed by atoms with Crippen molar-refractivity contribution >= 4 is 5.91 Å². The van der Waals surface area contributed by atoms with Gasteiger partial charge in [-0.05, 0) is 51.3 Å². The SMILES string of the molecule is Cc1cccc(-c2nc(C(=O)NC3CCCCC3)nn2-c2ccc(C)cc2C)c1. The minimum absolute atomic E-state index is 0.186. The molecule has 0 spiro atoms. The molecule has 29 heavy (non-hydrogen) atoms. The van der Waals surface area contributed by atoms with Gasteiger partial charge in [0.2, 0.25) is 5.82 Å². The predicted octanol–water partition coefficient (Wildman–Crippen LogP) is 4.92. The molecule has 5 heteroatoms. The van der Waals surface area contributed by atoms with Gasteiger partial charge in [-0.2, -0.15) is 0 Å². The van der Waals surface area contributed by atoms with Gasteiger partial charge in [0, 0.05) is 11.6 Å². The molecule has 1 aromatic heterocycles. The Morgan fingerprint density at radius 3 is 2.48 bits per heavy atom. The van der Waals surface area contributed by atoms with Gasteiger partial charge in [-0.25, -0.2) is 9.67 Å². The number of benzene rings is 2. The number of nitrogens with one attached hydrogen (secondary N) is 1. The maximum Gasteiger partial charge on any atom is 0.291 e. The zero-order chi connectivity index (χ0) is 20.4. The van der Waals surface area contributed by atoms with Crippen molar-refractivity contribution in [3.8, 4) is 17.1 Å². The molecule has 1 N–H and O–H groups in total. The third-order valence-electron chi connectivity index (χ3n) is 5.61. The number of rotatable bonds is 4. The van der Waals surface area contributed by atoms with Crippen LogP contribution in [0.5, 0.6) is 0 Å². The Hall–Kier alpha value is -2.95. The summed E-state index contributed by atoms with van der Waals surface area (Å²) in [6, 6.07) is 14.6. The first kappa shape index (κ1) is 19.4. The number of hydrogen-bond acceptors (Lipinski definition) is 3. The summed E-state index contributed by atoms with van der Waals surface area (Å²) in [6.45, 7) is 6.19. The van der Waals surface area contributed by atoms with Gasteiger partial charge in [-0.1, -0.05) is 60.7 Å². The monoisotopic (exact) mass is 388 g/mol. The summed E-state index contributed by atoms with van der Waals surface area (Å²) in [5.74, 6) is 0.732. The van der Waals surface area contributed by atoms with Crippen LogP contribution in [0.4, 0.5) is 0 Å². The van der Waals surface area contributed by atoms with E-state index in [1.807, 2.05) is 18.2 Å². The normalized spacial score (nSPS) is 14.7. The second kappa shape index (κ2) is 8.19. The average molecular weight is 389 g/mol. The van der Waals surface area contributed by atoms with Crippen molar-refractivity contribution in [3.63, 3.8) is 0 Å². The third kappa shape index (κ3) is 4.24. The molecule has 0 atom stereocenters. The summed E-state index contributed by atoms with van der Waals surface area (Å²) in [4.78, 5) is 17.6. The molecule has 2 aromatic carbocycles. The largest absolute Gasteiger partial charge is 0.347 e. The van der Waals surface area contributed by atoms with Crippen molar-refractivity contribution in [1.82, 2.24) is 20.1 Å². The topological polar surface area (TPSA) is 59.8 Å². The molecule has 0 aliphatic heterocycles. The molecule has 0 bridgehead atoms.